The van der Waals surface area contributed by atoms with E-state index in [9.17, 15) is 14.4 Å². The molecule has 2 unspecified atom stereocenters. The van der Waals surface area contributed by atoms with Gasteiger partial charge in [-0.1, -0.05) is 60.7 Å². The van der Waals surface area contributed by atoms with Gasteiger partial charge >= 0.3 is 12.1 Å². The Morgan fingerprint density at radius 3 is 2.37 bits per heavy atom. The summed E-state index contributed by atoms with van der Waals surface area (Å²) < 4.78 is 5.58. The van der Waals surface area contributed by atoms with Crippen LogP contribution in [0.25, 0.3) is 11.1 Å². The number of carboxylic acids is 1. The number of aromatic carboxylic acids is 1. The van der Waals surface area contributed by atoms with Crippen LogP contribution in [0.2, 0.25) is 0 Å². The Morgan fingerprint density at radius 2 is 1.71 bits per heavy atom. The van der Waals surface area contributed by atoms with Crippen LogP contribution in [0.15, 0.2) is 66.9 Å². The van der Waals surface area contributed by atoms with Gasteiger partial charge < -0.3 is 20.5 Å². The smallest absolute Gasteiger partial charge is 0.407 e. The number of aromatic nitrogens is 1. The first-order chi connectivity index (χ1) is 17.0. The number of hydrogen-bond donors (Lipinski definition) is 3. The molecule has 2 atom stereocenters. The van der Waals surface area contributed by atoms with Crippen LogP contribution >= 0.6 is 11.3 Å². The maximum absolute atomic E-state index is 12.5. The Balaban J connectivity index is 1.10. The maximum atomic E-state index is 12.5. The van der Waals surface area contributed by atoms with Crippen LogP contribution in [0.1, 0.15) is 38.1 Å². The number of hydrogen-bond acceptors (Lipinski definition) is 6. The number of nitrogens with one attached hydrogen (secondary N) is 2. The molecule has 0 bridgehead atoms. The minimum absolute atomic E-state index is 0.0155. The van der Waals surface area contributed by atoms with E-state index in [4.69, 9.17) is 9.84 Å². The summed E-state index contributed by atoms with van der Waals surface area (Å²) in [5.41, 5.74) is 4.63. The SMILES string of the molecule is O=C(NC1C=CC(C(=O)NCc2ncc(C(=O)O)s2)C1)OCC1c2ccccc2-c2ccccc21. The molecule has 178 valence electrons. The van der Waals surface area contributed by atoms with Gasteiger partial charge in [0.25, 0.3) is 0 Å². The number of fused-ring (bicyclic) bond motifs is 3. The van der Waals surface area contributed by atoms with Crippen LogP contribution in [0.5, 0.6) is 0 Å². The van der Waals surface area contributed by atoms with Crippen LogP contribution in [-0.4, -0.2) is 40.7 Å². The van der Waals surface area contributed by atoms with Gasteiger partial charge in [-0.3, -0.25) is 4.79 Å². The monoisotopic (exact) mass is 489 g/mol. The molecule has 0 radical (unpaired) electrons. The minimum Gasteiger partial charge on any atom is -0.477 e. The lowest BCUT2D eigenvalue weighted by atomic mass is 9.98. The van der Waals surface area contributed by atoms with Crippen molar-refractivity contribution in [2.45, 2.75) is 24.9 Å². The van der Waals surface area contributed by atoms with Crippen molar-refractivity contribution in [3.05, 3.63) is 87.9 Å². The van der Waals surface area contributed by atoms with Gasteiger partial charge in [0.15, 0.2) is 0 Å². The lowest BCUT2D eigenvalue weighted by Crippen LogP contribution is -2.36. The molecule has 3 N–H and O–H groups in total. The zero-order valence-electron chi connectivity index (χ0n) is 18.6. The molecule has 2 aliphatic carbocycles. The van der Waals surface area contributed by atoms with Gasteiger partial charge in [-0.15, -0.1) is 11.3 Å². The Kier molecular flexibility index (Phi) is 6.33. The number of benzene rings is 2. The van der Waals surface area contributed by atoms with Crippen molar-refractivity contribution >= 4 is 29.3 Å². The van der Waals surface area contributed by atoms with E-state index in [0.717, 1.165) is 22.5 Å². The number of rotatable bonds is 7. The summed E-state index contributed by atoms with van der Waals surface area (Å²) in [5, 5.41) is 15.1. The molecule has 8 nitrogen and oxygen atoms in total. The fourth-order valence-corrected chi connectivity index (χ4v) is 5.27. The van der Waals surface area contributed by atoms with Crippen molar-refractivity contribution in [3.8, 4) is 11.1 Å². The lowest BCUT2D eigenvalue weighted by Gasteiger charge is -2.17. The topological polar surface area (TPSA) is 118 Å². The van der Waals surface area contributed by atoms with Crippen LogP contribution in [0.4, 0.5) is 4.79 Å². The summed E-state index contributed by atoms with van der Waals surface area (Å²) in [7, 11) is 0. The molecule has 0 aliphatic heterocycles. The molecule has 0 spiro atoms. The molecule has 1 heterocycles. The fourth-order valence-electron chi connectivity index (χ4n) is 4.58. The summed E-state index contributed by atoms with van der Waals surface area (Å²) in [4.78, 5) is 40.1. The third kappa shape index (κ3) is 4.81. The van der Waals surface area contributed by atoms with E-state index >= 15 is 0 Å². The van der Waals surface area contributed by atoms with Crippen molar-refractivity contribution in [2.75, 3.05) is 6.61 Å². The first-order valence-electron chi connectivity index (χ1n) is 11.2. The van der Waals surface area contributed by atoms with Crippen LogP contribution in [0.3, 0.4) is 0 Å². The number of thiazole rings is 1. The van der Waals surface area contributed by atoms with Gasteiger partial charge in [0.2, 0.25) is 5.91 Å². The summed E-state index contributed by atoms with van der Waals surface area (Å²) in [6, 6.07) is 16.0. The minimum atomic E-state index is -1.04. The van der Waals surface area contributed by atoms with E-state index in [1.165, 1.54) is 17.3 Å². The van der Waals surface area contributed by atoms with Crippen LogP contribution in [0, 0.1) is 5.92 Å². The number of nitrogens with zero attached hydrogens (tertiary/aromatic N) is 1. The van der Waals surface area contributed by atoms with E-state index in [2.05, 4.69) is 39.9 Å². The quantitative estimate of drug-likeness (QED) is 0.433. The molecule has 2 aromatic carbocycles. The van der Waals surface area contributed by atoms with Crippen molar-refractivity contribution < 1.29 is 24.2 Å². The van der Waals surface area contributed by atoms with Crippen LogP contribution in [-0.2, 0) is 16.1 Å². The molecular weight excluding hydrogens is 466 g/mol. The average Bonchev–Trinajstić information content (AvgIpc) is 3.59. The maximum Gasteiger partial charge on any atom is 0.407 e. The predicted octanol–water partition coefficient (Wildman–Crippen LogP) is 3.94. The highest BCUT2D eigenvalue weighted by Crippen LogP contribution is 2.44. The standard InChI is InChI=1S/C26H23N3O5S/c30-24(28-13-23-27-12-22(35-23)25(31)32)15-9-10-16(11-15)29-26(33)34-14-21-19-7-3-1-5-17(19)18-6-2-4-8-20(18)21/h1-10,12,15-16,21H,11,13-14H2,(H,28,30)(H,29,33)(H,31,32). The van der Waals surface area contributed by atoms with E-state index in [-0.39, 0.29) is 35.9 Å². The van der Waals surface area contributed by atoms with Crippen molar-refractivity contribution in [1.29, 1.82) is 0 Å². The number of carboxylic acid groups (broad SMARTS) is 1. The average molecular weight is 490 g/mol. The summed E-state index contributed by atoms with van der Waals surface area (Å²) in [6.07, 6.45) is 4.73. The molecule has 1 aromatic heterocycles. The molecule has 2 amide bonds. The predicted molar refractivity (Wildman–Crippen MR) is 130 cm³/mol. The molecule has 9 heteroatoms. The Morgan fingerprint density at radius 1 is 1.03 bits per heavy atom. The Bertz CT molecular complexity index is 1270. The summed E-state index contributed by atoms with van der Waals surface area (Å²) in [5.74, 6) is -1.66. The molecule has 3 aromatic rings. The molecule has 0 fully saturated rings. The van der Waals surface area contributed by atoms with Gasteiger partial charge in [0, 0.05) is 5.92 Å². The van der Waals surface area contributed by atoms with Crippen molar-refractivity contribution in [3.63, 3.8) is 0 Å². The number of amides is 2. The third-order valence-electron chi connectivity index (χ3n) is 6.25. The highest BCUT2D eigenvalue weighted by atomic mass is 32.1. The highest BCUT2D eigenvalue weighted by Gasteiger charge is 2.30. The molecule has 5 rings (SSSR count). The second-order valence-corrected chi connectivity index (χ2v) is 9.56. The van der Waals surface area contributed by atoms with E-state index < -0.39 is 18.0 Å². The largest absolute Gasteiger partial charge is 0.477 e. The first-order valence-corrected chi connectivity index (χ1v) is 12.1. The normalized spacial score (nSPS) is 18.1. The zero-order valence-corrected chi connectivity index (χ0v) is 19.5. The lowest BCUT2D eigenvalue weighted by molar-refractivity contribution is -0.123. The van der Waals surface area contributed by atoms with Crippen LogP contribution < -0.4 is 10.6 Å². The number of carbonyl (C=O) groups is 3. The fraction of sp³-hybridized carbons (Fsp3) is 0.231. The van der Waals surface area contributed by atoms with E-state index in [1.807, 2.05) is 24.3 Å². The number of carbonyl (C=O) groups excluding carboxylic acids is 2. The second-order valence-electron chi connectivity index (χ2n) is 8.44. The molecular formula is C26H23N3O5S. The van der Waals surface area contributed by atoms with Gasteiger partial charge in [-0.05, 0) is 28.7 Å². The molecule has 2 aliphatic rings. The van der Waals surface area contributed by atoms with E-state index in [0.29, 0.717) is 11.4 Å². The first kappa shape index (κ1) is 22.8. The van der Waals surface area contributed by atoms with Gasteiger partial charge in [-0.25, -0.2) is 14.6 Å². The second kappa shape index (κ2) is 9.71. The summed E-state index contributed by atoms with van der Waals surface area (Å²) in [6.45, 7) is 0.387. The highest BCUT2D eigenvalue weighted by molar-refractivity contribution is 7.13. The van der Waals surface area contributed by atoms with E-state index in [1.54, 1.807) is 12.2 Å². The van der Waals surface area contributed by atoms with Crippen molar-refractivity contribution in [1.82, 2.24) is 15.6 Å². The third-order valence-corrected chi connectivity index (χ3v) is 7.23. The molecule has 0 saturated carbocycles. The molecule has 35 heavy (non-hydrogen) atoms. The van der Waals surface area contributed by atoms with Crippen molar-refractivity contribution in [2.24, 2.45) is 5.92 Å². The number of ether oxygens (including phenoxy) is 1. The zero-order chi connectivity index (χ0) is 24.4. The summed E-state index contributed by atoms with van der Waals surface area (Å²) >= 11 is 1.02. The number of alkyl carbamates (subject to hydrolysis) is 1. The van der Waals surface area contributed by atoms with Gasteiger partial charge in [0.1, 0.15) is 16.5 Å². The molecule has 0 saturated heterocycles. The Labute approximate surface area is 205 Å². The van der Waals surface area contributed by atoms with Gasteiger partial charge in [0.05, 0.1) is 24.7 Å². The van der Waals surface area contributed by atoms with Gasteiger partial charge in [-0.2, -0.15) is 0 Å². The Hall–Kier alpha value is -3.98.